The van der Waals surface area contributed by atoms with Crippen LogP contribution in [0.4, 0.5) is 10.1 Å². The molecular weight excluding hydrogens is 249 g/mol. The van der Waals surface area contributed by atoms with Crippen molar-refractivity contribution in [1.82, 2.24) is 10.6 Å². The van der Waals surface area contributed by atoms with Crippen LogP contribution in [0.15, 0.2) is 18.2 Å². The van der Waals surface area contributed by atoms with E-state index < -0.39 is 17.8 Å². The average molecular weight is 265 g/mol. The number of hydrogen-bond donors (Lipinski definition) is 3. The molecule has 0 aromatic heterocycles. The van der Waals surface area contributed by atoms with Crippen LogP contribution in [0.2, 0.25) is 0 Å². The molecule has 1 aliphatic rings. The first kappa shape index (κ1) is 13.3. The van der Waals surface area contributed by atoms with Crippen LogP contribution in [0.1, 0.15) is 29.6 Å². The minimum Gasteiger partial charge on any atom is -0.399 e. The number of nitrogens with one attached hydrogen (secondary N) is 2. The highest BCUT2D eigenvalue weighted by atomic mass is 19.1. The van der Waals surface area contributed by atoms with Gasteiger partial charge >= 0.3 is 0 Å². The molecule has 102 valence electrons. The fourth-order valence-electron chi connectivity index (χ4n) is 2.03. The summed E-state index contributed by atoms with van der Waals surface area (Å²) in [5.41, 5.74) is 5.56. The molecule has 2 rings (SSSR count). The number of benzene rings is 1. The fourth-order valence-corrected chi connectivity index (χ4v) is 2.03. The van der Waals surface area contributed by atoms with E-state index in [4.69, 9.17) is 5.73 Å². The SMILES string of the molecule is Nc1ccc(C(=O)NC2CCCCNC2=O)c(F)c1. The Balaban J connectivity index is 2.09. The molecule has 1 saturated heterocycles. The lowest BCUT2D eigenvalue weighted by molar-refractivity contribution is -0.122. The molecule has 0 spiro atoms. The van der Waals surface area contributed by atoms with Gasteiger partial charge in [0.1, 0.15) is 11.9 Å². The summed E-state index contributed by atoms with van der Waals surface area (Å²) in [6.07, 6.45) is 2.29. The van der Waals surface area contributed by atoms with E-state index in [1.807, 2.05) is 0 Å². The highest BCUT2D eigenvalue weighted by Gasteiger charge is 2.23. The standard InChI is InChI=1S/C13H16FN3O2/c14-10-7-8(15)4-5-9(10)12(18)17-11-3-1-2-6-16-13(11)19/h4-5,7,11H,1-3,6,15H2,(H,16,19)(H,17,18). The van der Waals surface area contributed by atoms with Crippen LogP contribution in [0.3, 0.4) is 0 Å². The van der Waals surface area contributed by atoms with Crippen LogP contribution in [-0.2, 0) is 4.79 Å². The molecule has 4 N–H and O–H groups in total. The van der Waals surface area contributed by atoms with E-state index in [1.165, 1.54) is 12.1 Å². The maximum atomic E-state index is 13.6. The summed E-state index contributed by atoms with van der Waals surface area (Å²) >= 11 is 0. The third-order valence-electron chi connectivity index (χ3n) is 3.08. The van der Waals surface area contributed by atoms with Crippen molar-refractivity contribution in [3.05, 3.63) is 29.6 Å². The first-order valence-corrected chi connectivity index (χ1v) is 6.21. The predicted molar refractivity (Wildman–Crippen MR) is 68.9 cm³/mol. The summed E-state index contributed by atoms with van der Waals surface area (Å²) in [4.78, 5) is 23.6. The summed E-state index contributed by atoms with van der Waals surface area (Å²) in [6, 6.07) is 3.24. The molecular formula is C13H16FN3O2. The molecule has 1 unspecified atom stereocenters. The summed E-state index contributed by atoms with van der Waals surface area (Å²) in [5.74, 6) is -1.51. The van der Waals surface area contributed by atoms with Gasteiger partial charge in [0, 0.05) is 12.2 Å². The normalized spacial score (nSPS) is 19.4. The topological polar surface area (TPSA) is 84.2 Å². The van der Waals surface area contributed by atoms with Gasteiger partial charge in [-0.1, -0.05) is 0 Å². The highest BCUT2D eigenvalue weighted by molar-refractivity contribution is 5.98. The first-order valence-electron chi connectivity index (χ1n) is 6.21. The second kappa shape index (κ2) is 5.69. The Morgan fingerprint density at radius 2 is 2.21 bits per heavy atom. The molecule has 0 bridgehead atoms. The van der Waals surface area contributed by atoms with Gasteiger partial charge in [-0.25, -0.2) is 4.39 Å². The van der Waals surface area contributed by atoms with Gasteiger partial charge in [0.2, 0.25) is 5.91 Å². The molecule has 1 heterocycles. The smallest absolute Gasteiger partial charge is 0.254 e. The van der Waals surface area contributed by atoms with Crippen LogP contribution < -0.4 is 16.4 Å². The predicted octanol–water partition coefficient (Wildman–Crippen LogP) is 0.806. The zero-order valence-corrected chi connectivity index (χ0v) is 10.4. The second-order valence-electron chi connectivity index (χ2n) is 4.55. The van der Waals surface area contributed by atoms with Gasteiger partial charge in [0.15, 0.2) is 0 Å². The van der Waals surface area contributed by atoms with Crippen molar-refractivity contribution in [2.75, 3.05) is 12.3 Å². The Bertz CT molecular complexity index is 505. The number of rotatable bonds is 2. The largest absolute Gasteiger partial charge is 0.399 e. The van der Waals surface area contributed by atoms with Crippen molar-refractivity contribution in [2.45, 2.75) is 25.3 Å². The second-order valence-corrected chi connectivity index (χ2v) is 4.55. The number of nitrogen functional groups attached to an aromatic ring is 1. The maximum Gasteiger partial charge on any atom is 0.254 e. The van der Waals surface area contributed by atoms with E-state index in [0.717, 1.165) is 18.9 Å². The van der Waals surface area contributed by atoms with E-state index in [0.29, 0.717) is 13.0 Å². The number of halogens is 1. The molecule has 6 heteroatoms. The lowest BCUT2D eigenvalue weighted by Crippen LogP contribution is -2.45. The van der Waals surface area contributed by atoms with Gasteiger partial charge in [0.25, 0.3) is 5.91 Å². The van der Waals surface area contributed by atoms with Gasteiger partial charge in [-0.15, -0.1) is 0 Å². The maximum absolute atomic E-state index is 13.6. The minimum absolute atomic E-state index is 0.105. The zero-order valence-electron chi connectivity index (χ0n) is 10.4. The summed E-state index contributed by atoms with van der Waals surface area (Å²) in [7, 11) is 0. The lowest BCUT2D eigenvalue weighted by Gasteiger charge is -2.15. The van der Waals surface area contributed by atoms with Crippen LogP contribution in [0.25, 0.3) is 0 Å². The molecule has 0 radical (unpaired) electrons. The average Bonchev–Trinajstić information content (AvgIpc) is 2.55. The number of anilines is 1. The third kappa shape index (κ3) is 3.21. The van der Waals surface area contributed by atoms with Crippen molar-refractivity contribution >= 4 is 17.5 Å². The Labute approximate surface area is 110 Å². The van der Waals surface area contributed by atoms with E-state index in [-0.39, 0.29) is 17.2 Å². The molecule has 5 nitrogen and oxygen atoms in total. The molecule has 2 amide bonds. The number of carbonyl (C=O) groups is 2. The van der Waals surface area contributed by atoms with Crippen LogP contribution >= 0.6 is 0 Å². The summed E-state index contributed by atoms with van der Waals surface area (Å²) in [6.45, 7) is 0.613. The minimum atomic E-state index is -0.688. The monoisotopic (exact) mass is 265 g/mol. The number of carbonyl (C=O) groups excluding carboxylic acids is 2. The molecule has 19 heavy (non-hydrogen) atoms. The molecule has 1 aliphatic heterocycles. The Morgan fingerprint density at radius 1 is 1.42 bits per heavy atom. The van der Waals surface area contributed by atoms with Crippen molar-refractivity contribution in [3.63, 3.8) is 0 Å². The van der Waals surface area contributed by atoms with E-state index >= 15 is 0 Å². The molecule has 0 aliphatic carbocycles. The van der Waals surface area contributed by atoms with Gasteiger partial charge in [-0.05, 0) is 37.5 Å². The van der Waals surface area contributed by atoms with Gasteiger partial charge in [-0.3, -0.25) is 9.59 Å². The zero-order chi connectivity index (χ0) is 13.8. The van der Waals surface area contributed by atoms with E-state index in [2.05, 4.69) is 10.6 Å². The number of nitrogens with two attached hydrogens (primary N) is 1. The Kier molecular flexibility index (Phi) is 3.99. The van der Waals surface area contributed by atoms with Crippen LogP contribution in [0, 0.1) is 5.82 Å². The van der Waals surface area contributed by atoms with Crippen LogP contribution in [-0.4, -0.2) is 24.4 Å². The molecule has 1 aromatic rings. The lowest BCUT2D eigenvalue weighted by atomic mass is 10.1. The van der Waals surface area contributed by atoms with Crippen LogP contribution in [0.5, 0.6) is 0 Å². The number of amides is 2. The quantitative estimate of drug-likeness (QED) is 0.692. The van der Waals surface area contributed by atoms with Crippen molar-refractivity contribution < 1.29 is 14.0 Å². The van der Waals surface area contributed by atoms with E-state index in [1.54, 1.807) is 0 Å². The van der Waals surface area contributed by atoms with Gasteiger partial charge < -0.3 is 16.4 Å². The highest BCUT2D eigenvalue weighted by Crippen LogP contribution is 2.13. The van der Waals surface area contributed by atoms with Gasteiger partial charge in [-0.2, -0.15) is 0 Å². The Morgan fingerprint density at radius 3 is 2.95 bits per heavy atom. The van der Waals surface area contributed by atoms with E-state index in [9.17, 15) is 14.0 Å². The van der Waals surface area contributed by atoms with Crippen molar-refractivity contribution in [3.8, 4) is 0 Å². The van der Waals surface area contributed by atoms with Crippen molar-refractivity contribution in [2.24, 2.45) is 0 Å². The molecule has 1 fully saturated rings. The molecule has 0 saturated carbocycles. The van der Waals surface area contributed by atoms with Crippen molar-refractivity contribution in [1.29, 1.82) is 0 Å². The first-order chi connectivity index (χ1) is 9.08. The number of hydrogen-bond acceptors (Lipinski definition) is 3. The fraction of sp³-hybridized carbons (Fsp3) is 0.385. The Hall–Kier alpha value is -2.11. The third-order valence-corrected chi connectivity index (χ3v) is 3.08. The summed E-state index contributed by atoms with van der Waals surface area (Å²) in [5, 5.41) is 5.26. The molecule has 1 atom stereocenters. The van der Waals surface area contributed by atoms with Gasteiger partial charge in [0.05, 0.1) is 5.56 Å². The molecule has 1 aromatic carbocycles. The summed E-state index contributed by atoms with van der Waals surface area (Å²) < 4.78 is 13.6.